The molecule has 0 saturated heterocycles. The molecular weight excluding hydrogens is 364 g/mol. The number of anilines is 2. The van der Waals surface area contributed by atoms with Crippen LogP contribution in [0.2, 0.25) is 5.02 Å². The molecule has 1 aliphatic heterocycles. The van der Waals surface area contributed by atoms with Crippen molar-refractivity contribution in [1.29, 1.82) is 0 Å². The third kappa shape index (κ3) is 3.43. The van der Waals surface area contributed by atoms with Gasteiger partial charge in [-0.3, -0.25) is 9.52 Å². The van der Waals surface area contributed by atoms with E-state index >= 15 is 0 Å². The van der Waals surface area contributed by atoms with Crippen molar-refractivity contribution in [2.45, 2.75) is 18.2 Å². The van der Waals surface area contributed by atoms with E-state index in [4.69, 9.17) is 16.3 Å². The van der Waals surface area contributed by atoms with E-state index in [0.29, 0.717) is 24.4 Å². The lowest BCUT2D eigenvalue weighted by atomic mass is 10.1. The molecule has 3 rings (SSSR count). The van der Waals surface area contributed by atoms with E-state index in [1.165, 1.54) is 32.2 Å². The lowest BCUT2D eigenvalue weighted by Gasteiger charge is -2.15. The number of nitrogens with zero attached hydrogens (tertiary/aromatic N) is 1. The monoisotopic (exact) mass is 380 g/mol. The minimum atomic E-state index is -3.78. The van der Waals surface area contributed by atoms with Gasteiger partial charge in [-0.2, -0.15) is 0 Å². The molecule has 2 aromatic rings. The van der Waals surface area contributed by atoms with Crippen LogP contribution < -0.4 is 14.4 Å². The highest BCUT2D eigenvalue weighted by Crippen LogP contribution is 2.32. The molecule has 132 valence electrons. The van der Waals surface area contributed by atoms with Crippen LogP contribution in [0, 0.1) is 0 Å². The van der Waals surface area contributed by atoms with E-state index in [1.807, 2.05) is 0 Å². The fourth-order valence-corrected chi connectivity index (χ4v) is 4.22. The predicted molar refractivity (Wildman–Crippen MR) is 97.0 cm³/mol. The molecule has 6 nitrogen and oxygen atoms in total. The van der Waals surface area contributed by atoms with Crippen molar-refractivity contribution in [3.8, 4) is 5.75 Å². The van der Waals surface area contributed by atoms with Crippen molar-refractivity contribution in [2.75, 3.05) is 23.3 Å². The fraction of sp³-hybridized carbons (Fsp3) is 0.235. The minimum absolute atomic E-state index is 0.0278. The third-order valence-electron chi connectivity index (χ3n) is 4.04. The number of benzene rings is 2. The maximum Gasteiger partial charge on any atom is 0.261 e. The molecule has 1 aliphatic rings. The Labute approximate surface area is 151 Å². The normalized spacial score (nSPS) is 13.5. The molecule has 0 fully saturated rings. The molecule has 0 unspecified atom stereocenters. The summed E-state index contributed by atoms with van der Waals surface area (Å²) in [5.41, 5.74) is 2.20. The number of carbonyl (C=O) groups excluding carboxylic acids is 1. The SMILES string of the molecule is COc1ccc(S(=O)(=O)Nc2ccc3c(c2)CCN3C(C)=O)cc1Cl. The molecule has 1 heterocycles. The highest BCUT2D eigenvalue weighted by atomic mass is 35.5. The number of rotatable bonds is 4. The molecule has 8 heteroatoms. The first-order valence-corrected chi connectivity index (χ1v) is 9.45. The molecule has 0 aromatic heterocycles. The lowest BCUT2D eigenvalue weighted by Crippen LogP contribution is -2.25. The van der Waals surface area contributed by atoms with E-state index in [2.05, 4.69) is 4.72 Å². The number of amides is 1. The summed E-state index contributed by atoms with van der Waals surface area (Å²) in [5, 5.41) is 0.219. The first-order chi connectivity index (χ1) is 11.8. The van der Waals surface area contributed by atoms with Crippen LogP contribution in [-0.2, 0) is 21.2 Å². The van der Waals surface area contributed by atoms with Crippen LogP contribution in [0.15, 0.2) is 41.3 Å². The Balaban J connectivity index is 1.87. The first kappa shape index (κ1) is 17.6. The Kier molecular flexibility index (Phi) is 4.62. The molecule has 0 bridgehead atoms. The van der Waals surface area contributed by atoms with Crippen LogP contribution in [0.4, 0.5) is 11.4 Å². The third-order valence-corrected chi connectivity index (χ3v) is 5.72. The fourth-order valence-electron chi connectivity index (χ4n) is 2.82. The molecule has 1 N–H and O–H groups in total. The molecule has 0 saturated carbocycles. The second kappa shape index (κ2) is 6.57. The van der Waals surface area contributed by atoms with Crippen molar-refractivity contribution in [1.82, 2.24) is 0 Å². The van der Waals surface area contributed by atoms with Gasteiger partial charge in [0, 0.05) is 24.8 Å². The van der Waals surface area contributed by atoms with Gasteiger partial charge in [-0.25, -0.2) is 8.42 Å². The van der Waals surface area contributed by atoms with E-state index in [1.54, 1.807) is 23.1 Å². The van der Waals surface area contributed by atoms with Crippen molar-refractivity contribution in [3.05, 3.63) is 47.0 Å². The van der Waals surface area contributed by atoms with E-state index < -0.39 is 10.0 Å². The molecule has 0 spiro atoms. The highest BCUT2D eigenvalue weighted by Gasteiger charge is 2.23. The summed E-state index contributed by atoms with van der Waals surface area (Å²) in [6, 6.07) is 9.42. The quantitative estimate of drug-likeness (QED) is 0.884. The molecule has 0 aliphatic carbocycles. The van der Waals surface area contributed by atoms with Crippen LogP contribution >= 0.6 is 11.6 Å². The molecule has 0 atom stereocenters. The Bertz CT molecular complexity index is 944. The molecule has 0 radical (unpaired) electrons. The van der Waals surface area contributed by atoms with Crippen LogP contribution in [0.25, 0.3) is 0 Å². The molecule has 2 aromatic carbocycles. The standard InChI is InChI=1S/C17H17ClN2O4S/c1-11(21)20-8-7-12-9-13(3-5-16(12)20)19-25(22,23)14-4-6-17(24-2)15(18)10-14/h3-6,9-10,19H,7-8H2,1-2H3. The number of fused-ring (bicyclic) bond motifs is 1. The van der Waals surface area contributed by atoms with Gasteiger partial charge < -0.3 is 9.64 Å². The number of ether oxygens (including phenoxy) is 1. The van der Waals surface area contributed by atoms with E-state index in [0.717, 1.165) is 11.3 Å². The number of nitrogens with one attached hydrogen (secondary N) is 1. The molecule has 1 amide bonds. The van der Waals surface area contributed by atoms with Gasteiger partial charge in [0.2, 0.25) is 5.91 Å². The molecule has 25 heavy (non-hydrogen) atoms. The van der Waals surface area contributed by atoms with E-state index in [9.17, 15) is 13.2 Å². The van der Waals surface area contributed by atoms with Crippen molar-refractivity contribution in [2.24, 2.45) is 0 Å². The number of halogens is 1. The summed E-state index contributed by atoms with van der Waals surface area (Å²) >= 11 is 6.01. The van der Waals surface area contributed by atoms with Gasteiger partial charge in [-0.1, -0.05) is 11.6 Å². The Morgan fingerprint density at radius 1 is 1.24 bits per heavy atom. The molecular formula is C17H17ClN2O4S. The zero-order chi connectivity index (χ0) is 18.2. The number of hydrogen-bond donors (Lipinski definition) is 1. The van der Waals surface area contributed by atoms with Gasteiger partial charge >= 0.3 is 0 Å². The van der Waals surface area contributed by atoms with Crippen molar-refractivity contribution < 1.29 is 17.9 Å². The van der Waals surface area contributed by atoms with Gasteiger partial charge in [-0.05, 0) is 48.4 Å². The summed E-state index contributed by atoms with van der Waals surface area (Å²) in [7, 11) is -2.32. The topological polar surface area (TPSA) is 75.7 Å². The second-order valence-electron chi connectivity index (χ2n) is 5.67. The Hall–Kier alpha value is -2.25. The number of sulfonamides is 1. The lowest BCUT2D eigenvalue weighted by molar-refractivity contribution is -0.116. The first-order valence-electron chi connectivity index (χ1n) is 7.59. The van der Waals surface area contributed by atoms with Gasteiger partial charge in [-0.15, -0.1) is 0 Å². The van der Waals surface area contributed by atoms with Gasteiger partial charge in [0.15, 0.2) is 0 Å². The van der Waals surface area contributed by atoms with Gasteiger partial charge in [0.1, 0.15) is 5.75 Å². The summed E-state index contributed by atoms with van der Waals surface area (Å²) in [6.07, 6.45) is 0.693. The average molecular weight is 381 g/mol. The van der Waals surface area contributed by atoms with Crippen molar-refractivity contribution >= 4 is 38.9 Å². The van der Waals surface area contributed by atoms with E-state index in [-0.39, 0.29) is 15.8 Å². The van der Waals surface area contributed by atoms with Gasteiger partial charge in [0.05, 0.1) is 17.0 Å². The summed E-state index contributed by atoms with van der Waals surface area (Å²) < 4.78 is 32.7. The highest BCUT2D eigenvalue weighted by molar-refractivity contribution is 7.92. The Morgan fingerprint density at radius 3 is 2.64 bits per heavy atom. The largest absolute Gasteiger partial charge is 0.495 e. The minimum Gasteiger partial charge on any atom is -0.495 e. The maximum absolute atomic E-state index is 12.6. The number of carbonyl (C=O) groups is 1. The van der Waals surface area contributed by atoms with Crippen molar-refractivity contribution in [3.63, 3.8) is 0 Å². The van der Waals surface area contributed by atoms with Crippen LogP contribution in [-0.4, -0.2) is 28.0 Å². The van der Waals surface area contributed by atoms with Crippen LogP contribution in [0.5, 0.6) is 5.75 Å². The summed E-state index contributed by atoms with van der Waals surface area (Å²) in [6.45, 7) is 2.12. The summed E-state index contributed by atoms with van der Waals surface area (Å²) in [5.74, 6) is 0.377. The maximum atomic E-state index is 12.6. The second-order valence-corrected chi connectivity index (χ2v) is 7.76. The van der Waals surface area contributed by atoms with Crippen LogP contribution in [0.3, 0.4) is 0 Å². The predicted octanol–water partition coefficient (Wildman–Crippen LogP) is 3.06. The van der Waals surface area contributed by atoms with Gasteiger partial charge in [0.25, 0.3) is 10.0 Å². The average Bonchev–Trinajstić information content (AvgIpc) is 2.97. The smallest absolute Gasteiger partial charge is 0.261 e. The Morgan fingerprint density at radius 2 is 2.00 bits per heavy atom. The zero-order valence-corrected chi connectivity index (χ0v) is 15.3. The number of hydrogen-bond acceptors (Lipinski definition) is 4. The van der Waals surface area contributed by atoms with Crippen LogP contribution in [0.1, 0.15) is 12.5 Å². The summed E-state index contributed by atoms with van der Waals surface area (Å²) in [4.78, 5) is 13.3. The zero-order valence-electron chi connectivity index (χ0n) is 13.7. The number of methoxy groups -OCH3 is 1.